The monoisotopic (exact) mass is 391 g/mol. The van der Waals surface area contributed by atoms with Crippen molar-refractivity contribution < 1.29 is 23.6 Å². The van der Waals surface area contributed by atoms with E-state index in [0.29, 0.717) is 22.1 Å². The molecule has 0 aliphatic rings. The van der Waals surface area contributed by atoms with E-state index in [4.69, 9.17) is 19.9 Å². The van der Waals surface area contributed by atoms with Crippen molar-refractivity contribution in [2.75, 3.05) is 27.5 Å². The third kappa shape index (κ3) is 4.52. The molecular formula is C20H26NO5P. The number of nitrogens with two attached hydrogens (primary N) is 1. The second-order valence-electron chi connectivity index (χ2n) is 6.27. The molecule has 2 aromatic carbocycles. The van der Waals surface area contributed by atoms with E-state index >= 15 is 0 Å². The Balaban J connectivity index is 2.58. The lowest BCUT2D eigenvalue weighted by atomic mass is 10.1. The Morgan fingerprint density at radius 1 is 1.07 bits per heavy atom. The summed E-state index contributed by atoms with van der Waals surface area (Å²) in [4.78, 5) is 11.9. The molecule has 3 unspecified atom stereocenters. The van der Waals surface area contributed by atoms with E-state index in [0.717, 1.165) is 0 Å². The van der Waals surface area contributed by atoms with Crippen molar-refractivity contribution in [1.29, 1.82) is 0 Å². The molecule has 0 spiro atoms. The van der Waals surface area contributed by atoms with E-state index in [1.165, 1.54) is 14.2 Å². The quantitative estimate of drug-likeness (QED) is 0.548. The maximum absolute atomic E-state index is 14.3. The maximum atomic E-state index is 14.3. The normalized spacial score (nSPS) is 15.3. The Kier molecular flexibility index (Phi) is 7.05. The SMILES string of the molecule is COC(=O)C(C)C(N)CP(=O)(c1cccc(OC)c1)c1ccccc1OC. The van der Waals surface area contributed by atoms with Gasteiger partial charge in [-0.25, -0.2) is 0 Å². The topological polar surface area (TPSA) is 87.9 Å². The van der Waals surface area contributed by atoms with Crippen LogP contribution in [0.1, 0.15) is 6.92 Å². The Morgan fingerprint density at radius 2 is 1.78 bits per heavy atom. The van der Waals surface area contributed by atoms with Crippen LogP contribution in [0.4, 0.5) is 0 Å². The van der Waals surface area contributed by atoms with Gasteiger partial charge in [0.05, 0.1) is 32.6 Å². The summed E-state index contributed by atoms with van der Waals surface area (Å²) in [6, 6.07) is 13.6. The fourth-order valence-electron chi connectivity index (χ4n) is 2.92. The van der Waals surface area contributed by atoms with Crippen LogP contribution in [0.2, 0.25) is 0 Å². The number of esters is 1. The minimum absolute atomic E-state index is 0.0941. The van der Waals surface area contributed by atoms with Crippen LogP contribution >= 0.6 is 7.14 Å². The molecule has 27 heavy (non-hydrogen) atoms. The van der Waals surface area contributed by atoms with Crippen molar-refractivity contribution in [3.05, 3.63) is 48.5 Å². The summed E-state index contributed by atoms with van der Waals surface area (Å²) >= 11 is 0. The number of hydrogen-bond donors (Lipinski definition) is 1. The molecule has 0 aliphatic heterocycles. The lowest BCUT2D eigenvalue weighted by molar-refractivity contribution is -0.145. The highest BCUT2D eigenvalue weighted by atomic mass is 31.2. The van der Waals surface area contributed by atoms with Crippen molar-refractivity contribution in [1.82, 2.24) is 0 Å². The number of carbonyl (C=O) groups is 1. The predicted molar refractivity (Wildman–Crippen MR) is 107 cm³/mol. The molecule has 7 heteroatoms. The third-order valence-electron chi connectivity index (χ3n) is 4.63. The lowest BCUT2D eigenvalue weighted by Gasteiger charge is -2.26. The molecule has 0 saturated heterocycles. The summed E-state index contributed by atoms with van der Waals surface area (Å²) in [6.07, 6.45) is 0.0941. The highest BCUT2D eigenvalue weighted by Gasteiger charge is 2.36. The molecule has 3 atom stereocenters. The van der Waals surface area contributed by atoms with E-state index in [2.05, 4.69) is 0 Å². The van der Waals surface area contributed by atoms with E-state index in [9.17, 15) is 9.36 Å². The predicted octanol–water partition coefficient (Wildman–Crippen LogP) is 2.15. The molecule has 0 amide bonds. The summed E-state index contributed by atoms with van der Waals surface area (Å²) in [5.41, 5.74) is 6.27. The molecule has 2 aromatic rings. The Labute approximate surface area is 160 Å². The summed E-state index contributed by atoms with van der Waals surface area (Å²) in [6.45, 7) is 1.68. The van der Waals surface area contributed by atoms with E-state index in [1.54, 1.807) is 56.5 Å². The number of para-hydroxylation sites is 1. The number of hydrogen-bond acceptors (Lipinski definition) is 6. The van der Waals surface area contributed by atoms with Gasteiger partial charge in [0.1, 0.15) is 18.6 Å². The molecular weight excluding hydrogens is 365 g/mol. The van der Waals surface area contributed by atoms with Crippen LogP contribution in [-0.2, 0) is 14.1 Å². The molecule has 6 nitrogen and oxygen atoms in total. The van der Waals surface area contributed by atoms with Gasteiger partial charge in [-0.3, -0.25) is 4.79 Å². The van der Waals surface area contributed by atoms with Crippen molar-refractivity contribution in [3.63, 3.8) is 0 Å². The summed E-state index contributed by atoms with van der Waals surface area (Å²) in [5, 5.41) is 1.16. The number of methoxy groups -OCH3 is 3. The van der Waals surface area contributed by atoms with Gasteiger partial charge in [-0.05, 0) is 24.3 Å². The standard InChI is InChI=1S/C20H26NO5P/c1-14(20(22)26-4)17(21)13-27(23,16-9-7-8-15(12-16)24-2)19-11-6-5-10-18(19)25-3/h5-12,14,17H,13,21H2,1-4H3. The van der Waals surface area contributed by atoms with Crippen LogP contribution in [0, 0.1) is 5.92 Å². The Hall–Kier alpha value is -2.30. The van der Waals surface area contributed by atoms with Crippen LogP contribution in [0.5, 0.6) is 11.5 Å². The zero-order valence-electron chi connectivity index (χ0n) is 16.0. The molecule has 2 N–H and O–H groups in total. The minimum Gasteiger partial charge on any atom is -0.497 e. The van der Waals surface area contributed by atoms with Gasteiger partial charge in [0.15, 0.2) is 0 Å². The minimum atomic E-state index is -3.22. The lowest BCUT2D eigenvalue weighted by Crippen LogP contribution is -2.39. The number of ether oxygens (including phenoxy) is 3. The summed E-state index contributed by atoms with van der Waals surface area (Å²) < 4.78 is 29.8. The van der Waals surface area contributed by atoms with Crippen molar-refractivity contribution >= 4 is 23.7 Å². The zero-order chi connectivity index (χ0) is 20.0. The first-order chi connectivity index (χ1) is 12.9. The van der Waals surface area contributed by atoms with Crippen LogP contribution in [0.15, 0.2) is 48.5 Å². The van der Waals surface area contributed by atoms with Crippen molar-refractivity contribution in [3.8, 4) is 11.5 Å². The smallest absolute Gasteiger partial charge is 0.309 e. The first-order valence-electron chi connectivity index (χ1n) is 8.58. The fourth-order valence-corrected chi connectivity index (χ4v) is 6.03. The average molecular weight is 391 g/mol. The molecule has 0 radical (unpaired) electrons. The Morgan fingerprint density at radius 3 is 2.41 bits per heavy atom. The van der Waals surface area contributed by atoms with Gasteiger partial charge in [0.25, 0.3) is 0 Å². The second kappa shape index (κ2) is 9.07. The van der Waals surface area contributed by atoms with E-state index < -0.39 is 25.1 Å². The van der Waals surface area contributed by atoms with E-state index in [-0.39, 0.29) is 6.16 Å². The van der Waals surface area contributed by atoms with Crippen LogP contribution in [0.3, 0.4) is 0 Å². The van der Waals surface area contributed by atoms with Gasteiger partial charge in [-0.1, -0.05) is 31.2 Å². The highest BCUT2D eigenvalue weighted by molar-refractivity contribution is 7.79. The molecule has 0 aliphatic carbocycles. The summed E-state index contributed by atoms with van der Waals surface area (Å²) in [5.74, 6) is 0.0853. The van der Waals surface area contributed by atoms with Crippen molar-refractivity contribution in [2.24, 2.45) is 11.7 Å². The number of benzene rings is 2. The third-order valence-corrected chi connectivity index (χ3v) is 7.82. The van der Waals surface area contributed by atoms with Crippen molar-refractivity contribution in [2.45, 2.75) is 13.0 Å². The zero-order valence-corrected chi connectivity index (χ0v) is 16.9. The molecule has 0 fully saturated rings. The molecule has 0 heterocycles. The highest BCUT2D eigenvalue weighted by Crippen LogP contribution is 2.47. The van der Waals surface area contributed by atoms with Gasteiger partial charge < -0.3 is 24.5 Å². The first-order valence-corrected chi connectivity index (χ1v) is 10.5. The van der Waals surface area contributed by atoms with Gasteiger partial charge in [0.2, 0.25) is 0 Å². The van der Waals surface area contributed by atoms with Gasteiger partial charge in [-0.15, -0.1) is 0 Å². The molecule has 0 saturated carbocycles. The number of rotatable bonds is 8. The molecule has 146 valence electrons. The number of carbonyl (C=O) groups excluding carboxylic acids is 1. The van der Waals surface area contributed by atoms with Crippen LogP contribution < -0.4 is 25.8 Å². The summed E-state index contributed by atoms with van der Waals surface area (Å²) in [7, 11) is 1.18. The van der Waals surface area contributed by atoms with Gasteiger partial charge in [-0.2, -0.15) is 0 Å². The fraction of sp³-hybridized carbons (Fsp3) is 0.350. The molecule has 0 bridgehead atoms. The molecule has 2 rings (SSSR count). The Bertz CT molecular complexity index is 839. The van der Waals surface area contributed by atoms with Gasteiger partial charge in [0, 0.05) is 17.5 Å². The van der Waals surface area contributed by atoms with E-state index in [1.807, 2.05) is 6.07 Å². The van der Waals surface area contributed by atoms with Gasteiger partial charge >= 0.3 is 5.97 Å². The largest absolute Gasteiger partial charge is 0.497 e. The average Bonchev–Trinajstić information content (AvgIpc) is 2.72. The molecule has 0 aromatic heterocycles. The second-order valence-corrected chi connectivity index (χ2v) is 9.11. The first kappa shape index (κ1) is 21.0. The maximum Gasteiger partial charge on any atom is 0.309 e. The van der Waals surface area contributed by atoms with Crippen LogP contribution in [-0.4, -0.2) is 39.5 Å². The van der Waals surface area contributed by atoms with Crippen LogP contribution in [0.25, 0.3) is 0 Å².